The van der Waals surface area contributed by atoms with Gasteiger partial charge in [-0.1, -0.05) is 64.7 Å². The van der Waals surface area contributed by atoms with E-state index in [0.29, 0.717) is 0 Å². The molecule has 0 aromatic carbocycles. The van der Waals surface area contributed by atoms with Gasteiger partial charge in [-0.25, -0.2) is 0 Å². The van der Waals surface area contributed by atoms with E-state index in [4.69, 9.17) is 4.52 Å². The lowest BCUT2D eigenvalue weighted by Crippen LogP contribution is -1.95. The topological polar surface area (TPSA) is 26.3 Å². The van der Waals surface area contributed by atoms with Crippen molar-refractivity contribution in [2.75, 3.05) is 12.8 Å². The number of rotatable bonds is 12. The molecule has 0 heterocycles. The van der Waals surface area contributed by atoms with Crippen LogP contribution < -0.4 is 0 Å². The zero-order valence-electron chi connectivity index (χ0n) is 12.5. The number of hydrogen-bond donors (Lipinski definition) is 0. The molecule has 0 bridgehead atoms. The number of carbonyl (C=O) groups is 1. The largest absolute Gasteiger partial charge is 0.445 e. The van der Waals surface area contributed by atoms with Crippen LogP contribution >= 0.6 is 8.15 Å². The summed E-state index contributed by atoms with van der Waals surface area (Å²) >= 11 is 0. The molecule has 0 radical (unpaired) electrons. The van der Waals surface area contributed by atoms with E-state index in [1.165, 1.54) is 71.1 Å². The molecule has 0 spiro atoms. The molecule has 3 heteroatoms. The smallest absolute Gasteiger partial charge is 0.305 e. The second kappa shape index (κ2) is 13.3. The maximum Gasteiger partial charge on any atom is 0.305 e. The van der Waals surface area contributed by atoms with Crippen LogP contribution in [0, 0.1) is 0 Å². The third-order valence-corrected chi connectivity index (χ3v) is 4.63. The fraction of sp³-hybridized carbons (Fsp3) is 0.933. The van der Waals surface area contributed by atoms with Gasteiger partial charge in [-0.2, -0.15) is 0 Å². The quantitative estimate of drug-likeness (QED) is 0.347. The number of unbranched alkanes of at least 4 members (excludes halogenated alkanes) is 9. The van der Waals surface area contributed by atoms with Crippen molar-refractivity contribution in [2.24, 2.45) is 0 Å². The van der Waals surface area contributed by atoms with Gasteiger partial charge in [-0.05, 0) is 13.1 Å². The maximum atomic E-state index is 10.7. The van der Waals surface area contributed by atoms with Gasteiger partial charge < -0.3 is 4.52 Å². The zero-order chi connectivity index (χ0) is 13.6. The van der Waals surface area contributed by atoms with E-state index in [9.17, 15) is 4.79 Å². The molecular formula is C15H31O2P. The summed E-state index contributed by atoms with van der Waals surface area (Å²) in [5.74, 6) is -0.129. The van der Waals surface area contributed by atoms with Crippen molar-refractivity contribution >= 4 is 14.1 Å². The lowest BCUT2D eigenvalue weighted by molar-refractivity contribution is -0.131. The standard InChI is InChI=1S/C15H31O2P/c1-4-5-6-7-8-9-10-11-12-13-14-18(3)17-15(2)16/h4-14H2,1-3H3. The Hall–Kier alpha value is -0.100. The van der Waals surface area contributed by atoms with Crippen LogP contribution in [0.2, 0.25) is 0 Å². The first kappa shape index (κ1) is 17.9. The molecule has 0 saturated heterocycles. The van der Waals surface area contributed by atoms with Gasteiger partial charge in [0.05, 0.1) is 8.15 Å². The summed E-state index contributed by atoms with van der Waals surface area (Å²) in [6.07, 6.45) is 14.7. The molecule has 1 unspecified atom stereocenters. The fourth-order valence-electron chi connectivity index (χ4n) is 2.09. The monoisotopic (exact) mass is 274 g/mol. The molecule has 18 heavy (non-hydrogen) atoms. The maximum absolute atomic E-state index is 10.7. The van der Waals surface area contributed by atoms with Crippen molar-refractivity contribution in [2.45, 2.75) is 78.1 Å². The minimum absolute atomic E-state index is 0.129. The van der Waals surface area contributed by atoms with Crippen LogP contribution in [0.15, 0.2) is 0 Å². The summed E-state index contributed by atoms with van der Waals surface area (Å²) in [7, 11) is -0.504. The van der Waals surface area contributed by atoms with E-state index in [1.54, 1.807) is 0 Å². The van der Waals surface area contributed by atoms with E-state index < -0.39 is 8.15 Å². The van der Waals surface area contributed by atoms with Crippen LogP contribution in [0.4, 0.5) is 0 Å². The van der Waals surface area contributed by atoms with Crippen LogP contribution in [-0.4, -0.2) is 18.8 Å². The van der Waals surface area contributed by atoms with Crippen LogP contribution in [0.5, 0.6) is 0 Å². The summed E-state index contributed by atoms with van der Waals surface area (Å²) < 4.78 is 5.16. The van der Waals surface area contributed by atoms with Gasteiger partial charge >= 0.3 is 5.97 Å². The Morgan fingerprint density at radius 2 is 1.33 bits per heavy atom. The van der Waals surface area contributed by atoms with E-state index in [2.05, 4.69) is 6.92 Å². The third-order valence-electron chi connectivity index (χ3n) is 3.11. The molecule has 0 aromatic rings. The Bertz CT molecular complexity index is 195. The van der Waals surface area contributed by atoms with E-state index in [0.717, 1.165) is 6.16 Å². The first-order valence-corrected chi connectivity index (χ1v) is 9.45. The van der Waals surface area contributed by atoms with Gasteiger partial charge in [0.1, 0.15) is 0 Å². The molecule has 0 aromatic heterocycles. The number of carbonyl (C=O) groups excluding carboxylic acids is 1. The van der Waals surface area contributed by atoms with Crippen LogP contribution in [-0.2, 0) is 9.32 Å². The lowest BCUT2D eigenvalue weighted by Gasteiger charge is -2.10. The molecular weight excluding hydrogens is 243 g/mol. The molecule has 0 aliphatic heterocycles. The Morgan fingerprint density at radius 1 is 0.889 bits per heavy atom. The highest BCUT2D eigenvalue weighted by atomic mass is 31.1. The summed E-state index contributed by atoms with van der Waals surface area (Å²) in [4.78, 5) is 10.7. The number of hydrogen-bond acceptors (Lipinski definition) is 2. The van der Waals surface area contributed by atoms with Gasteiger partial charge in [0.2, 0.25) is 0 Å². The molecule has 2 nitrogen and oxygen atoms in total. The molecule has 0 rings (SSSR count). The van der Waals surface area contributed by atoms with Gasteiger partial charge in [-0.3, -0.25) is 4.79 Å². The van der Waals surface area contributed by atoms with Crippen LogP contribution in [0.1, 0.15) is 78.1 Å². The second-order valence-corrected chi connectivity index (χ2v) is 7.00. The highest BCUT2D eigenvalue weighted by molar-refractivity contribution is 7.52. The minimum atomic E-state index is -0.504. The summed E-state index contributed by atoms with van der Waals surface area (Å²) in [5.41, 5.74) is 0. The molecule has 0 saturated carbocycles. The van der Waals surface area contributed by atoms with E-state index in [-0.39, 0.29) is 5.97 Å². The lowest BCUT2D eigenvalue weighted by atomic mass is 10.1. The van der Waals surface area contributed by atoms with Gasteiger partial charge in [-0.15, -0.1) is 0 Å². The first-order chi connectivity index (χ1) is 8.66. The van der Waals surface area contributed by atoms with Crippen molar-refractivity contribution in [3.05, 3.63) is 0 Å². The van der Waals surface area contributed by atoms with Gasteiger partial charge in [0.25, 0.3) is 0 Å². The molecule has 1 atom stereocenters. The highest BCUT2D eigenvalue weighted by Gasteiger charge is 2.04. The molecule has 0 fully saturated rings. The third kappa shape index (κ3) is 14.0. The fourth-order valence-corrected chi connectivity index (χ4v) is 3.29. The molecule has 0 aliphatic rings. The average molecular weight is 274 g/mol. The predicted octanol–water partition coefficient (Wildman–Crippen LogP) is 5.50. The Labute approximate surface area is 115 Å². The highest BCUT2D eigenvalue weighted by Crippen LogP contribution is 2.33. The van der Waals surface area contributed by atoms with Gasteiger partial charge in [0, 0.05) is 13.1 Å². The van der Waals surface area contributed by atoms with Crippen molar-refractivity contribution in [1.29, 1.82) is 0 Å². The van der Waals surface area contributed by atoms with Crippen molar-refractivity contribution in [3.63, 3.8) is 0 Å². The SMILES string of the molecule is CCCCCCCCCCCCP(C)OC(C)=O. The first-order valence-electron chi connectivity index (χ1n) is 7.56. The Morgan fingerprint density at radius 3 is 1.78 bits per heavy atom. The molecule has 108 valence electrons. The molecule has 0 aliphatic carbocycles. The van der Waals surface area contributed by atoms with Gasteiger partial charge in [0.15, 0.2) is 0 Å². The predicted molar refractivity (Wildman–Crippen MR) is 81.3 cm³/mol. The Kier molecular flexibility index (Phi) is 13.3. The van der Waals surface area contributed by atoms with Crippen molar-refractivity contribution < 1.29 is 9.32 Å². The minimum Gasteiger partial charge on any atom is -0.445 e. The summed E-state index contributed by atoms with van der Waals surface area (Å²) in [5, 5.41) is 0. The van der Waals surface area contributed by atoms with E-state index >= 15 is 0 Å². The van der Waals surface area contributed by atoms with Crippen LogP contribution in [0.25, 0.3) is 0 Å². The zero-order valence-corrected chi connectivity index (χ0v) is 13.4. The Balaban J connectivity index is 3.09. The normalized spacial score (nSPS) is 12.4. The molecule has 0 amide bonds. The average Bonchev–Trinajstić information content (AvgIpc) is 2.30. The summed E-state index contributed by atoms with van der Waals surface area (Å²) in [6, 6.07) is 0. The second-order valence-electron chi connectivity index (χ2n) is 5.12. The summed E-state index contributed by atoms with van der Waals surface area (Å²) in [6.45, 7) is 5.81. The van der Waals surface area contributed by atoms with E-state index in [1.807, 2.05) is 6.66 Å². The van der Waals surface area contributed by atoms with Crippen LogP contribution in [0.3, 0.4) is 0 Å². The van der Waals surface area contributed by atoms with Crippen molar-refractivity contribution in [3.8, 4) is 0 Å². The van der Waals surface area contributed by atoms with Crippen molar-refractivity contribution in [1.82, 2.24) is 0 Å². The molecule has 0 N–H and O–H groups in total.